The summed E-state index contributed by atoms with van der Waals surface area (Å²) in [6.45, 7) is 4.61. The minimum absolute atomic E-state index is 0.0444. The smallest absolute Gasteiger partial charge is 0.131 e. The summed E-state index contributed by atoms with van der Waals surface area (Å²) in [5, 5.41) is 10.0. The lowest BCUT2D eigenvalue weighted by atomic mass is 10.2. The zero-order chi connectivity index (χ0) is 11.5. The zero-order valence-electron chi connectivity index (χ0n) is 9.47. The molecule has 1 atom stereocenters. The van der Waals surface area contributed by atoms with Crippen LogP contribution in [-0.4, -0.2) is 11.2 Å². The third kappa shape index (κ3) is 1.68. The first-order valence-electron chi connectivity index (χ1n) is 5.39. The second kappa shape index (κ2) is 4.38. The van der Waals surface area contributed by atoms with Gasteiger partial charge in [-0.1, -0.05) is 18.2 Å². The predicted octanol–water partition coefficient (Wildman–Crippen LogP) is 3.07. The van der Waals surface area contributed by atoms with E-state index in [9.17, 15) is 0 Å². The normalized spacial score (nSPS) is 12.6. The molecule has 0 saturated heterocycles. The molecule has 0 N–H and O–H groups in total. The summed E-state index contributed by atoms with van der Waals surface area (Å²) in [5.41, 5.74) is 1.74. The van der Waals surface area contributed by atoms with Crippen LogP contribution in [0.1, 0.15) is 25.6 Å². The molecule has 0 aliphatic carbocycles. The number of nitriles is 1. The molecule has 0 saturated carbocycles. The molecule has 3 heteroatoms. The highest BCUT2D eigenvalue weighted by Gasteiger charge is 2.11. The van der Waals surface area contributed by atoms with E-state index in [0.29, 0.717) is 12.2 Å². The highest BCUT2D eigenvalue weighted by molar-refractivity contribution is 5.86. The predicted molar refractivity (Wildman–Crippen MR) is 63.0 cm³/mol. The van der Waals surface area contributed by atoms with Crippen LogP contribution in [0.5, 0.6) is 0 Å². The van der Waals surface area contributed by atoms with Crippen LogP contribution in [0, 0.1) is 11.3 Å². The van der Waals surface area contributed by atoms with Gasteiger partial charge in [-0.25, -0.2) is 0 Å². The molecule has 1 aromatic heterocycles. The summed E-state index contributed by atoms with van der Waals surface area (Å²) in [4.78, 5) is 0. The topological polar surface area (TPSA) is 38.0 Å². The number of hydrogen-bond acceptors (Lipinski definition) is 2. The van der Waals surface area contributed by atoms with E-state index < -0.39 is 0 Å². The van der Waals surface area contributed by atoms with Gasteiger partial charge in [-0.2, -0.15) is 5.26 Å². The van der Waals surface area contributed by atoms with Crippen LogP contribution < -0.4 is 0 Å². The average molecular weight is 214 g/mol. The number of nitrogens with zero attached hydrogens (tertiary/aromatic N) is 2. The quantitative estimate of drug-likeness (QED) is 0.787. The number of hydrogen-bond donors (Lipinski definition) is 0. The zero-order valence-corrected chi connectivity index (χ0v) is 9.47. The van der Waals surface area contributed by atoms with Gasteiger partial charge in [0.2, 0.25) is 0 Å². The Morgan fingerprint density at radius 3 is 2.88 bits per heavy atom. The third-order valence-electron chi connectivity index (χ3n) is 2.66. The highest BCUT2D eigenvalue weighted by Crippen LogP contribution is 2.24. The van der Waals surface area contributed by atoms with Crippen LogP contribution in [0.15, 0.2) is 30.5 Å². The van der Waals surface area contributed by atoms with Crippen molar-refractivity contribution in [3.05, 3.63) is 36.0 Å². The van der Waals surface area contributed by atoms with E-state index >= 15 is 0 Å². The summed E-state index contributed by atoms with van der Waals surface area (Å²) in [6, 6.07) is 10.1. The Labute approximate surface area is 94.9 Å². The molecule has 16 heavy (non-hydrogen) atoms. The second-order valence-corrected chi connectivity index (χ2v) is 3.63. The number of benzene rings is 1. The Kier molecular flexibility index (Phi) is 2.93. The van der Waals surface area contributed by atoms with Crippen molar-refractivity contribution < 1.29 is 4.74 Å². The van der Waals surface area contributed by atoms with E-state index in [1.54, 1.807) is 0 Å². The molecule has 0 spiro atoms. The van der Waals surface area contributed by atoms with Crippen molar-refractivity contribution in [3.8, 4) is 6.07 Å². The van der Waals surface area contributed by atoms with Gasteiger partial charge in [0.15, 0.2) is 0 Å². The Morgan fingerprint density at radius 2 is 2.19 bits per heavy atom. The summed E-state index contributed by atoms with van der Waals surface area (Å²) < 4.78 is 7.54. The van der Waals surface area contributed by atoms with E-state index in [-0.39, 0.29) is 6.23 Å². The number of aromatic nitrogens is 1. The van der Waals surface area contributed by atoms with Crippen molar-refractivity contribution in [2.24, 2.45) is 0 Å². The highest BCUT2D eigenvalue weighted by atomic mass is 16.5. The van der Waals surface area contributed by atoms with E-state index in [4.69, 9.17) is 10.00 Å². The lowest BCUT2D eigenvalue weighted by Crippen LogP contribution is -2.07. The van der Waals surface area contributed by atoms with Gasteiger partial charge >= 0.3 is 0 Å². The van der Waals surface area contributed by atoms with Crippen molar-refractivity contribution in [2.45, 2.75) is 20.1 Å². The van der Waals surface area contributed by atoms with E-state index in [2.05, 4.69) is 6.07 Å². The molecule has 3 nitrogen and oxygen atoms in total. The van der Waals surface area contributed by atoms with Gasteiger partial charge in [0, 0.05) is 18.2 Å². The first-order chi connectivity index (χ1) is 7.77. The fraction of sp³-hybridized carbons (Fsp3) is 0.308. The maximum absolute atomic E-state index is 9.06. The van der Waals surface area contributed by atoms with Crippen molar-refractivity contribution in [1.29, 1.82) is 5.26 Å². The molecular formula is C13H14N2O. The SMILES string of the molecule is CCOC(C)n1cc(C#N)c2ccccc21. The van der Waals surface area contributed by atoms with E-state index in [1.165, 1.54) is 0 Å². The lowest BCUT2D eigenvalue weighted by molar-refractivity contribution is 0.0280. The van der Waals surface area contributed by atoms with Gasteiger partial charge in [-0.3, -0.25) is 0 Å². The van der Waals surface area contributed by atoms with Gasteiger partial charge in [0.1, 0.15) is 12.3 Å². The maximum Gasteiger partial charge on any atom is 0.131 e. The fourth-order valence-electron chi connectivity index (χ4n) is 1.92. The molecule has 0 bridgehead atoms. The number of rotatable bonds is 3. The maximum atomic E-state index is 9.06. The molecule has 1 unspecified atom stereocenters. The van der Waals surface area contributed by atoms with Crippen molar-refractivity contribution >= 4 is 10.9 Å². The Hall–Kier alpha value is -1.79. The van der Waals surface area contributed by atoms with Gasteiger partial charge < -0.3 is 9.30 Å². The molecule has 0 radical (unpaired) electrons. The third-order valence-corrected chi connectivity index (χ3v) is 2.66. The number of ether oxygens (including phenoxy) is 1. The summed E-state index contributed by atoms with van der Waals surface area (Å²) in [7, 11) is 0. The minimum Gasteiger partial charge on any atom is -0.359 e. The second-order valence-electron chi connectivity index (χ2n) is 3.63. The molecular weight excluding hydrogens is 200 g/mol. The summed E-state index contributed by atoms with van der Waals surface area (Å²) >= 11 is 0. The Morgan fingerprint density at radius 1 is 1.44 bits per heavy atom. The molecule has 1 aromatic carbocycles. The Balaban J connectivity index is 2.58. The first kappa shape index (κ1) is 10.7. The largest absolute Gasteiger partial charge is 0.359 e. The van der Waals surface area contributed by atoms with Gasteiger partial charge in [-0.15, -0.1) is 0 Å². The summed E-state index contributed by atoms with van der Waals surface area (Å²) in [5.74, 6) is 0. The molecule has 0 aliphatic rings. The summed E-state index contributed by atoms with van der Waals surface area (Å²) in [6.07, 6.45) is 1.81. The number of fused-ring (bicyclic) bond motifs is 1. The van der Waals surface area contributed by atoms with Crippen LogP contribution in [0.4, 0.5) is 0 Å². The average Bonchev–Trinajstić information content (AvgIpc) is 2.68. The Bertz CT molecular complexity index is 536. The number of para-hydroxylation sites is 1. The van der Waals surface area contributed by atoms with Crippen LogP contribution >= 0.6 is 0 Å². The fourth-order valence-corrected chi connectivity index (χ4v) is 1.92. The van der Waals surface area contributed by atoms with Crippen LogP contribution in [-0.2, 0) is 4.74 Å². The minimum atomic E-state index is -0.0444. The van der Waals surface area contributed by atoms with Crippen molar-refractivity contribution in [1.82, 2.24) is 4.57 Å². The van der Waals surface area contributed by atoms with E-state index in [1.807, 2.05) is 48.9 Å². The molecule has 0 fully saturated rings. The molecule has 0 amide bonds. The monoisotopic (exact) mass is 214 g/mol. The molecule has 0 aliphatic heterocycles. The van der Waals surface area contributed by atoms with Crippen molar-refractivity contribution in [2.75, 3.05) is 6.61 Å². The van der Waals surface area contributed by atoms with Gasteiger partial charge in [-0.05, 0) is 19.9 Å². The molecule has 2 aromatic rings. The van der Waals surface area contributed by atoms with Crippen molar-refractivity contribution in [3.63, 3.8) is 0 Å². The van der Waals surface area contributed by atoms with Gasteiger partial charge in [0.05, 0.1) is 11.1 Å². The standard InChI is InChI=1S/C13H14N2O/c1-3-16-10(2)15-9-11(8-14)12-6-4-5-7-13(12)15/h4-7,9-10H,3H2,1-2H3. The molecule has 2 rings (SSSR count). The van der Waals surface area contributed by atoms with Crippen LogP contribution in [0.2, 0.25) is 0 Å². The molecule has 82 valence electrons. The van der Waals surface area contributed by atoms with Crippen LogP contribution in [0.25, 0.3) is 10.9 Å². The molecule has 1 heterocycles. The van der Waals surface area contributed by atoms with Gasteiger partial charge in [0.25, 0.3) is 0 Å². The lowest BCUT2D eigenvalue weighted by Gasteiger charge is -2.14. The van der Waals surface area contributed by atoms with E-state index in [0.717, 1.165) is 10.9 Å². The first-order valence-corrected chi connectivity index (χ1v) is 5.39. The van der Waals surface area contributed by atoms with Crippen LogP contribution in [0.3, 0.4) is 0 Å².